The molecule has 0 aliphatic rings. The van der Waals surface area contributed by atoms with Crippen molar-refractivity contribution < 1.29 is 14.3 Å². The Bertz CT molecular complexity index is 1550. The summed E-state index contributed by atoms with van der Waals surface area (Å²) in [5, 5.41) is 12.7. The number of hydrogen-bond donors (Lipinski definition) is 2. The second kappa shape index (κ2) is 9.27. The number of alkyl halides is 1. The van der Waals surface area contributed by atoms with Gasteiger partial charge in [0, 0.05) is 40.8 Å². The van der Waals surface area contributed by atoms with E-state index in [0.717, 1.165) is 0 Å². The molecule has 0 aromatic carbocycles. The number of rotatable bonds is 6. The molecule has 4 rings (SSSR count). The summed E-state index contributed by atoms with van der Waals surface area (Å²) in [7, 11) is 0. The highest BCUT2D eigenvalue weighted by Gasteiger charge is 2.25. The molecule has 0 spiro atoms. The SMILES string of the molecule is Cc1ncc(-c2nc3c([C@@H](C)Nc4ccc(Cl)nc4C(=O)O)cc(C(C)(C)F)cn3c(=O)c2C)cn1. The van der Waals surface area contributed by atoms with Crippen LogP contribution in [-0.4, -0.2) is 35.4 Å². The first-order chi connectivity index (χ1) is 16.9. The molecule has 0 unspecified atom stereocenters. The van der Waals surface area contributed by atoms with Crippen LogP contribution in [0.2, 0.25) is 5.15 Å². The third-order valence-electron chi connectivity index (χ3n) is 5.82. The van der Waals surface area contributed by atoms with E-state index in [9.17, 15) is 14.7 Å². The van der Waals surface area contributed by atoms with Crippen LogP contribution in [0.25, 0.3) is 16.9 Å². The van der Waals surface area contributed by atoms with E-state index in [1.54, 1.807) is 39.2 Å². The van der Waals surface area contributed by atoms with E-state index < -0.39 is 17.7 Å². The molecule has 0 saturated carbocycles. The maximum absolute atomic E-state index is 15.1. The van der Waals surface area contributed by atoms with Gasteiger partial charge in [0.05, 0.1) is 17.4 Å². The number of hydrogen-bond acceptors (Lipinski definition) is 7. The first-order valence-corrected chi connectivity index (χ1v) is 11.5. The van der Waals surface area contributed by atoms with E-state index in [1.807, 2.05) is 0 Å². The summed E-state index contributed by atoms with van der Waals surface area (Å²) in [6.45, 7) is 7.94. The Hall–Kier alpha value is -3.92. The second-order valence-corrected chi connectivity index (χ2v) is 9.35. The van der Waals surface area contributed by atoms with Crippen LogP contribution in [0.4, 0.5) is 10.1 Å². The van der Waals surface area contributed by atoms with E-state index >= 15 is 4.39 Å². The van der Waals surface area contributed by atoms with Crippen molar-refractivity contribution in [3.8, 4) is 11.3 Å². The Kier molecular flexibility index (Phi) is 6.48. The molecule has 4 aromatic rings. The topological polar surface area (TPSA) is 122 Å². The lowest BCUT2D eigenvalue weighted by molar-refractivity contribution is 0.0691. The fourth-order valence-corrected chi connectivity index (χ4v) is 3.97. The molecule has 0 saturated heterocycles. The quantitative estimate of drug-likeness (QED) is 0.351. The van der Waals surface area contributed by atoms with Crippen molar-refractivity contribution in [2.24, 2.45) is 0 Å². The van der Waals surface area contributed by atoms with Gasteiger partial charge in [-0.25, -0.2) is 29.1 Å². The van der Waals surface area contributed by atoms with Gasteiger partial charge in [-0.3, -0.25) is 9.20 Å². The standard InChI is InChI=1S/C25H24ClFN6O3/c1-12-20(15-9-28-14(3)29-10-15)32-22-17(8-16(25(4,5)27)11-33(22)23(12)34)13(2)30-18-6-7-19(26)31-21(18)24(35)36/h6-11,13,30H,1-5H3,(H,35,36)/t13-/m1/s1. The van der Waals surface area contributed by atoms with Crippen molar-refractivity contribution in [3.05, 3.63) is 80.5 Å². The number of nitrogens with zero attached hydrogens (tertiary/aromatic N) is 5. The highest BCUT2D eigenvalue weighted by Crippen LogP contribution is 2.32. The third-order valence-corrected chi connectivity index (χ3v) is 6.03. The largest absolute Gasteiger partial charge is 0.476 e. The molecule has 36 heavy (non-hydrogen) atoms. The molecule has 0 aliphatic heterocycles. The molecular weight excluding hydrogens is 487 g/mol. The summed E-state index contributed by atoms with van der Waals surface area (Å²) in [5.74, 6) is -0.685. The van der Waals surface area contributed by atoms with Gasteiger partial charge in [0.1, 0.15) is 22.3 Å². The van der Waals surface area contributed by atoms with Crippen molar-refractivity contribution in [2.45, 2.75) is 46.3 Å². The number of halogens is 2. The van der Waals surface area contributed by atoms with Gasteiger partial charge >= 0.3 is 5.97 Å². The number of carbonyl (C=O) groups is 1. The molecule has 2 N–H and O–H groups in total. The molecular formula is C25H24ClFN6O3. The molecule has 0 bridgehead atoms. The molecule has 0 amide bonds. The number of aromatic nitrogens is 5. The minimum atomic E-state index is -1.76. The van der Waals surface area contributed by atoms with Crippen LogP contribution in [0.3, 0.4) is 0 Å². The van der Waals surface area contributed by atoms with Gasteiger partial charge < -0.3 is 10.4 Å². The number of nitrogens with one attached hydrogen (secondary N) is 1. The maximum Gasteiger partial charge on any atom is 0.356 e. The average molecular weight is 511 g/mol. The van der Waals surface area contributed by atoms with Crippen molar-refractivity contribution in [2.75, 3.05) is 5.32 Å². The zero-order valence-electron chi connectivity index (χ0n) is 20.3. The van der Waals surface area contributed by atoms with Gasteiger partial charge in [-0.1, -0.05) is 11.6 Å². The summed E-state index contributed by atoms with van der Waals surface area (Å²) >= 11 is 5.88. The Balaban J connectivity index is 1.96. The molecule has 4 aromatic heterocycles. The van der Waals surface area contributed by atoms with Crippen LogP contribution < -0.4 is 10.9 Å². The molecule has 186 valence electrons. The molecule has 1 atom stereocenters. The number of pyridine rings is 2. The fraction of sp³-hybridized carbons (Fsp3) is 0.280. The number of anilines is 1. The number of aromatic carboxylic acids is 1. The van der Waals surface area contributed by atoms with Gasteiger partial charge in [-0.05, 0) is 52.8 Å². The van der Waals surface area contributed by atoms with E-state index in [0.29, 0.717) is 28.2 Å². The number of carboxylic acids is 1. The Morgan fingerprint density at radius 2 is 1.86 bits per heavy atom. The van der Waals surface area contributed by atoms with Crippen molar-refractivity contribution in [3.63, 3.8) is 0 Å². The highest BCUT2D eigenvalue weighted by atomic mass is 35.5. The van der Waals surface area contributed by atoms with E-state index in [4.69, 9.17) is 16.6 Å². The lowest BCUT2D eigenvalue weighted by Crippen LogP contribution is -2.24. The third kappa shape index (κ3) is 4.76. The lowest BCUT2D eigenvalue weighted by atomic mass is 9.97. The van der Waals surface area contributed by atoms with Gasteiger partial charge in [0.25, 0.3) is 5.56 Å². The number of aryl methyl sites for hydroxylation is 1. The Morgan fingerprint density at radius 1 is 1.19 bits per heavy atom. The van der Waals surface area contributed by atoms with Crippen molar-refractivity contribution in [1.29, 1.82) is 0 Å². The van der Waals surface area contributed by atoms with Crippen LogP contribution in [0.15, 0.2) is 41.6 Å². The molecule has 0 radical (unpaired) electrons. The predicted octanol–water partition coefficient (Wildman–Crippen LogP) is 4.89. The summed E-state index contributed by atoms with van der Waals surface area (Å²) in [6.07, 6.45) is 4.62. The number of fused-ring (bicyclic) bond motifs is 1. The van der Waals surface area contributed by atoms with Crippen LogP contribution in [0.5, 0.6) is 0 Å². The summed E-state index contributed by atoms with van der Waals surface area (Å²) in [5.41, 5.74) is 0.181. The average Bonchev–Trinajstić information content (AvgIpc) is 2.81. The molecule has 11 heteroatoms. The molecule has 4 heterocycles. The first kappa shape index (κ1) is 25.2. The predicted molar refractivity (Wildman–Crippen MR) is 134 cm³/mol. The highest BCUT2D eigenvalue weighted by molar-refractivity contribution is 6.29. The molecule has 0 aliphatic carbocycles. The molecule has 9 nitrogen and oxygen atoms in total. The van der Waals surface area contributed by atoms with Crippen molar-refractivity contribution >= 4 is 28.9 Å². The summed E-state index contributed by atoms with van der Waals surface area (Å²) < 4.78 is 16.4. The lowest BCUT2D eigenvalue weighted by Gasteiger charge is -2.23. The van der Waals surface area contributed by atoms with Gasteiger partial charge in [-0.15, -0.1) is 0 Å². The minimum Gasteiger partial charge on any atom is -0.476 e. The van der Waals surface area contributed by atoms with Crippen LogP contribution in [-0.2, 0) is 5.67 Å². The maximum atomic E-state index is 15.1. The molecule has 0 fully saturated rings. The van der Waals surface area contributed by atoms with E-state index in [1.165, 1.54) is 36.6 Å². The first-order valence-electron chi connectivity index (χ1n) is 11.1. The zero-order chi connectivity index (χ0) is 26.4. The van der Waals surface area contributed by atoms with Crippen LogP contribution in [0.1, 0.15) is 59.8 Å². The smallest absolute Gasteiger partial charge is 0.356 e. The summed E-state index contributed by atoms with van der Waals surface area (Å²) in [4.78, 5) is 42.2. The second-order valence-electron chi connectivity index (χ2n) is 8.96. The Labute approximate surface area is 211 Å². The van der Waals surface area contributed by atoms with Gasteiger partial charge in [0.15, 0.2) is 5.69 Å². The number of carboxylic acid groups (broad SMARTS) is 1. The summed E-state index contributed by atoms with van der Waals surface area (Å²) in [6, 6.07) is 3.98. The van der Waals surface area contributed by atoms with Crippen LogP contribution in [0, 0.1) is 13.8 Å². The van der Waals surface area contributed by atoms with E-state index in [2.05, 4.69) is 20.3 Å². The minimum absolute atomic E-state index is 0.0332. The van der Waals surface area contributed by atoms with Gasteiger partial charge in [-0.2, -0.15) is 0 Å². The zero-order valence-corrected chi connectivity index (χ0v) is 21.1. The van der Waals surface area contributed by atoms with Gasteiger partial charge in [0.2, 0.25) is 0 Å². The monoisotopic (exact) mass is 510 g/mol. The normalized spacial score (nSPS) is 12.5. The Morgan fingerprint density at radius 3 is 2.47 bits per heavy atom. The fourth-order valence-electron chi connectivity index (χ4n) is 3.82. The van der Waals surface area contributed by atoms with Crippen LogP contribution >= 0.6 is 11.6 Å². The van der Waals surface area contributed by atoms with E-state index in [-0.39, 0.29) is 33.3 Å². The van der Waals surface area contributed by atoms with Crippen molar-refractivity contribution in [1.82, 2.24) is 24.3 Å².